The number of benzene rings is 1. The quantitative estimate of drug-likeness (QED) is 0.796. The molecular weight excluding hydrogens is 316 g/mol. The summed E-state index contributed by atoms with van der Waals surface area (Å²) in [6.07, 6.45) is 1.55. The van der Waals surface area contributed by atoms with E-state index in [0.717, 1.165) is 11.3 Å². The van der Waals surface area contributed by atoms with Crippen molar-refractivity contribution in [3.8, 4) is 0 Å². The van der Waals surface area contributed by atoms with Crippen molar-refractivity contribution in [2.75, 3.05) is 5.32 Å². The minimum absolute atomic E-state index is 0.237. The molecule has 2 heterocycles. The van der Waals surface area contributed by atoms with Crippen LogP contribution in [-0.2, 0) is 13.6 Å². The number of nitrogens with zero attached hydrogens (tertiary/aromatic N) is 5. The van der Waals surface area contributed by atoms with E-state index >= 15 is 0 Å². The monoisotopic (exact) mass is 330 g/mol. The van der Waals surface area contributed by atoms with Crippen LogP contribution >= 0.6 is 11.6 Å². The predicted octanol–water partition coefficient (Wildman–Crippen LogP) is 2.27. The fourth-order valence-corrected chi connectivity index (χ4v) is 2.41. The summed E-state index contributed by atoms with van der Waals surface area (Å²) in [6, 6.07) is 9.22. The first kappa shape index (κ1) is 15.2. The topological polar surface area (TPSA) is 77.6 Å². The second kappa shape index (κ2) is 6.21. The summed E-state index contributed by atoms with van der Waals surface area (Å²) < 4.78 is 3.14. The molecule has 2 aromatic heterocycles. The molecule has 0 fully saturated rings. The second-order valence-electron chi connectivity index (χ2n) is 5.11. The minimum Gasteiger partial charge on any atom is -0.288 e. The summed E-state index contributed by atoms with van der Waals surface area (Å²) >= 11 is 6.12. The molecule has 0 spiro atoms. The highest BCUT2D eigenvalue weighted by Gasteiger charge is 2.14. The summed E-state index contributed by atoms with van der Waals surface area (Å²) in [4.78, 5) is 16.3. The van der Waals surface area contributed by atoms with Crippen molar-refractivity contribution < 1.29 is 4.79 Å². The first-order valence-electron chi connectivity index (χ1n) is 6.98. The van der Waals surface area contributed by atoms with Gasteiger partial charge in [-0.1, -0.05) is 29.8 Å². The van der Waals surface area contributed by atoms with E-state index < -0.39 is 0 Å². The standard InChI is InChI=1S/C15H15ClN6O/c1-10-7-13(21(2)19-10)14(23)18-15-17-9-22(20-15)8-11-5-3-4-6-12(11)16/h3-7,9H,8H2,1-2H3,(H,18,20,23). The summed E-state index contributed by atoms with van der Waals surface area (Å²) in [6.45, 7) is 2.31. The van der Waals surface area contributed by atoms with Gasteiger partial charge in [0.1, 0.15) is 12.0 Å². The molecule has 8 heteroatoms. The fourth-order valence-electron chi connectivity index (χ4n) is 2.22. The van der Waals surface area contributed by atoms with Crippen LogP contribution in [0, 0.1) is 6.92 Å². The molecular formula is C15H15ClN6O. The van der Waals surface area contributed by atoms with Gasteiger partial charge in [-0.25, -0.2) is 9.67 Å². The van der Waals surface area contributed by atoms with Crippen molar-refractivity contribution >= 4 is 23.5 Å². The number of hydrogen-bond donors (Lipinski definition) is 1. The van der Waals surface area contributed by atoms with Crippen LogP contribution in [0.3, 0.4) is 0 Å². The van der Waals surface area contributed by atoms with Crippen LogP contribution in [0.15, 0.2) is 36.7 Å². The Hall–Kier alpha value is -2.67. The number of amides is 1. The Balaban J connectivity index is 1.71. The predicted molar refractivity (Wildman–Crippen MR) is 86.5 cm³/mol. The number of rotatable bonds is 4. The lowest BCUT2D eigenvalue weighted by atomic mass is 10.2. The minimum atomic E-state index is -0.302. The third-order valence-electron chi connectivity index (χ3n) is 3.29. The summed E-state index contributed by atoms with van der Waals surface area (Å²) in [5.41, 5.74) is 2.15. The Morgan fingerprint density at radius 3 is 2.78 bits per heavy atom. The molecule has 1 N–H and O–H groups in total. The maximum absolute atomic E-state index is 12.2. The highest BCUT2D eigenvalue weighted by molar-refractivity contribution is 6.31. The van der Waals surface area contributed by atoms with Gasteiger partial charge >= 0.3 is 0 Å². The molecule has 0 aliphatic carbocycles. The van der Waals surface area contributed by atoms with Gasteiger partial charge in [-0.05, 0) is 24.6 Å². The van der Waals surface area contributed by atoms with Crippen LogP contribution in [0.5, 0.6) is 0 Å². The van der Waals surface area contributed by atoms with Gasteiger partial charge in [-0.3, -0.25) is 14.8 Å². The van der Waals surface area contributed by atoms with E-state index in [1.165, 1.54) is 4.68 Å². The number of carbonyl (C=O) groups excluding carboxylic acids is 1. The molecule has 0 saturated heterocycles. The molecule has 0 saturated carbocycles. The molecule has 0 bridgehead atoms. The Kier molecular flexibility index (Phi) is 4.12. The van der Waals surface area contributed by atoms with E-state index in [9.17, 15) is 4.79 Å². The van der Waals surface area contributed by atoms with Crippen LogP contribution < -0.4 is 5.32 Å². The van der Waals surface area contributed by atoms with Gasteiger partial charge in [-0.2, -0.15) is 5.10 Å². The lowest BCUT2D eigenvalue weighted by Crippen LogP contribution is -2.17. The Morgan fingerprint density at radius 1 is 1.30 bits per heavy atom. The van der Waals surface area contributed by atoms with Crippen LogP contribution in [0.4, 0.5) is 5.95 Å². The van der Waals surface area contributed by atoms with Crippen molar-refractivity contribution in [2.24, 2.45) is 7.05 Å². The zero-order chi connectivity index (χ0) is 16.4. The molecule has 118 valence electrons. The Labute approximate surface area is 137 Å². The van der Waals surface area contributed by atoms with E-state index in [1.807, 2.05) is 31.2 Å². The number of aromatic nitrogens is 5. The van der Waals surface area contributed by atoms with Gasteiger partial charge in [0, 0.05) is 12.1 Å². The van der Waals surface area contributed by atoms with Gasteiger partial charge in [0.2, 0.25) is 5.95 Å². The summed E-state index contributed by atoms with van der Waals surface area (Å²) in [5, 5.41) is 11.7. The number of nitrogens with one attached hydrogen (secondary N) is 1. The van der Waals surface area contributed by atoms with E-state index in [-0.39, 0.29) is 11.9 Å². The zero-order valence-electron chi connectivity index (χ0n) is 12.7. The average molecular weight is 331 g/mol. The lowest BCUT2D eigenvalue weighted by Gasteiger charge is -2.03. The molecule has 1 aromatic carbocycles. The highest BCUT2D eigenvalue weighted by Crippen LogP contribution is 2.16. The molecule has 0 atom stereocenters. The molecule has 1 amide bonds. The first-order valence-corrected chi connectivity index (χ1v) is 7.35. The van der Waals surface area contributed by atoms with Crippen LogP contribution in [0.1, 0.15) is 21.7 Å². The van der Waals surface area contributed by atoms with Crippen LogP contribution in [0.25, 0.3) is 0 Å². The van der Waals surface area contributed by atoms with Crippen LogP contribution in [-0.4, -0.2) is 30.5 Å². The molecule has 7 nitrogen and oxygen atoms in total. The van der Waals surface area contributed by atoms with Crippen molar-refractivity contribution in [2.45, 2.75) is 13.5 Å². The van der Waals surface area contributed by atoms with Gasteiger partial charge in [0.25, 0.3) is 5.91 Å². The van der Waals surface area contributed by atoms with Crippen molar-refractivity contribution in [1.82, 2.24) is 24.5 Å². The molecule has 3 rings (SSSR count). The smallest absolute Gasteiger partial charge is 0.276 e. The second-order valence-corrected chi connectivity index (χ2v) is 5.51. The van der Waals surface area contributed by atoms with Gasteiger partial charge in [0.05, 0.1) is 12.2 Å². The van der Waals surface area contributed by atoms with E-state index in [4.69, 9.17) is 11.6 Å². The largest absolute Gasteiger partial charge is 0.288 e. The highest BCUT2D eigenvalue weighted by atomic mass is 35.5. The molecule has 0 aliphatic heterocycles. The molecule has 0 unspecified atom stereocenters. The number of carbonyl (C=O) groups is 1. The Bertz CT molecular complexity index is 853. The summed E-state index contributed by atoms with van der Waals surface area (Å²) in [5.74, 6) is -0.0653. The first-order chi connectivity index (χ1) is 11.0. The van der Waals surface area contributed by atoms with E-state index in [0.29, 0.717) is 17.3 Å². The molecule has 0 radical (unpaired) electrons. The molecule has 0 aliphatic rings. The number of halogens is 1. The van der Waals surface area contributed by atoms with Gasteiger partial charge < -0.3 is 0 Å². The maximum atomic E-state index is 12.2. The van der Waals surface area contributed by atoms with Crippen molar-refractivity contribution in [3.63, 3.8) is 0 Å². The molecule has 3 aromatic rings. The Morgan fingerprint density at radius 2 is 2.09 bits per heavy atom. The van der Waals surface area contributed by atoms with Crippen LogP contribution in [0.2, 0.25) is 5.02 Å². The number of anilines is 1. The maximum Gasteiger partial charge on any atom is 0.276 e. The third-order valence-corrected chi connectivity index (χ3v) is 3.66. The third kappa shape index (κ3) is 3.40. The fraction of sp³-hybridized carbons (Fsp3) is 0.200. The van der Waals surface area contributed by atoms with Gasteiger partial charge in [0.15, 0.2) is 0 Å². The van der Waals surface area contributed by atoms with E-state index in [1.54, 1.807) is 24.1 Å². The van der Waals surface area contributed by atoms with Gasteiger partial charge in [-0.15, -0.1) is 5.10 Å². The lowest BCUT2D eigenvalue weighted by molar-refractivity contribution is 0.101. The summed E-state index contributed by atoms with van der Waals surface area (Å²) in [7, 11) is 1.71. The SMILES string of the molecule is Cc1cc(C(=O)Nc2ncn(Cc3ccccc3Cl)n2)n(C)n1. The van der Waals surface area contributed by atoms with Crippen molar-refractivity contribution in [3.05, 3.63) is 58.6 Å². The molecule has 23 heavy (non-hydrogen) atoms. The zero-order valence-corrected chi connectivity index (χ0v) is 13.4. The van der Waals surface area contributed by atoms with E-state index in [2.05, 4.69) is 20.5 Å². The van der Waals surface area contributed by atoms with Crippen molar-refractivity contribution in [1.29, 1.82) is 0 Å². The average Bonchev–Trinajstić information content (AvgIpc) is 3.07. The number of aryl methyl sites for hydroxylation is 2. The normalized spacial score (nSPS) is 10.7. The number of hydrogen-bond acceptors (Lipinski definition) is 4.